The highest BCUT2D eigenvalue weighted by atomic mass is 32.1. The first-order chi connectivity index (χ1) is 9.40. The van der Waals surface area contributed by atoms with Gasteiger partial charge in [0, 0.05) is 12.0 Å². The second kappa shape index (κ2) is 4.88. The number of rotatable bonds is 3. The van der Waals surface area contributed by atoms with E-state index in [1.807, 2.05) is 11.3 Å². The zero-order chi connectivity index (χ0) is 12.7. The number of piperidine rings is 1. The van der Waals surface area contributed by atoms with Gasteiger partial charge in [0.1, 0.15) is 0 Å². The molecule has 2 aromatic rings. The Kier molecular flexibility index (Phi) is 3.04. The summed E-state index contributed by atoms with van der Waals surface area (Å²) < 4.78 is 1.38. The molecular formula is C16H20N2S. The van der Waals surface area contributed by atoms with E-state index in [4.69, 9.17) is 4.98 Å². The second-order valence-corrected chi connectivity index (χ2v) is 7.00. The molecule has 2 fully saturated rings. The largest absolute Gasteiger partial charge is 0.314 e. The molecule has 19 heavy (non-hydrogen) atoms. The highest BCUT2D eigenvalue weighted by molar-refractivity contribution is 7.18. The highest BCUT2D eigenvalue weighted by Gasteiger charge is 2.27. The third-order valence-electron chi connectivity index (χ3n) is 4.32. The maximum absolute atomic E-state index is 4.93. The van der Waals surface area contributed by atoms with Crippen molar-refractivity contribution in [2.24, 2.45) is 0 Å². The summed E-state index contributed by atoms with van der Waals surface area (Å²) in [6.07, 6.45) is 7.86. The summed E-state index contributed by atoms with van der Waals surface area (Å²) in [5.74, 6) is 0.776. The predicted octanol–water partition coefficient (Wildman–Crippen LogP) is 3.86. The van der Waals surface area contributed by atoms with Gasteiger partial charge in [-0.3, -0.25) is 0 Å². The van der Waals surface area contributed by atoms with Gasteiger partial charge in [-0.25, -0.2) is 4.98 Å². The molecule has 2 nitrogen and oxygen atoms in total. The van der Waals surface area contributed by atoms with Gasteiger partial charge in [-0.2, -0.15) is 0 Å². The summed E-state index contributed by atoms with van der Waals surface area (Å²) in [5.41, 5.74) is 2.72. The summed E-state index contributed by atoms with van der Waals surface area (Å²) in [4.78, 5) is 4.93. The fourth-order valence-electron chi connectivity index (χ4n) is 3.06. The van der Waals surface area contributed by atoms with Crippen LogP contribution in [0.2, 0.25) is 0 Å². The minimum absolute atomic E-state index is 0.658. The van der Waals surface area contributed by atoms with Crippen molar-refractivity contribution in [1.29, 1.82) is 0 Å². The lowest BCUT2D eigenvalue weighted by Crippen LogP contribution is -2.35. The lowest BCUT2D eigenvalue weighted by Gasteiger charge is -2.23. The van der Waals surface area contributed by atoms with Gasteiger partial charge >= 0.3 is 0 Å². The maximum Gasteiger partial charge on any atom is 0.0969 e. The van der Waals surface area contributed by atoms with E-state index >= 15 is 0 Å². The smallest absolute Gasteiger partial charge is 0.0969 e. The SMILES string of the molecule is c1cc(CC2CCCCN2)c2nc(C3CC3)sc2c1. The Morgan fingerprint density at radius 2 is 2.16 bits per heavy atom. The summed E-state index contributed by atoms with van der Waals surface area (Å²) in [5, 5.41) is 5.02. The third-order valence-corrected chi connectivity index (χ3v) is 5.51. The molecule has 2 aliphatic rings. The van der Waals surface area contributed by atoms with Gasteiger partial charge in [0.15, 0.2) is 0 Å². The van der Waals surface area contributed by atoms with Crippen molar-refractivity contribution in [1.82, 2.24) is 10.3 Å². The first-order valence-corrected chi connectivity index (χ1v) is 8.33. The molecule has 100 valence electrons. The van der Waals surface area contributed by atoms with E-state index in [1.165, 1.54) is 59.4 Å². The van der Waals surface area contributed by atoms with Crippen molar-refractivity contribution >= 4 is 21.6 Å². The average Bonchev–Trinajstić information content (AvgIpc) is 3.20. The summed E-state index contributed by atoms with van der Waals surface area (Å²) in [6.45, 7) is 1.19. The summed E-state index contributed by atoms with van der Waals surface area (Å²) in [6, 6.07) is 7.37. The molecule has 1 aromatic carbocycles. The molecule has 3 heteroatoms. The Hall–Kier alpha value is -0.930. The fraction of sp³-hybridized carbons (Fsp3) is 0.562. The highest BCUT2D eigenvalue weighted by Crippen LogP contribution is 2.43. The van der Waals surface area contributed by atoms with Crippen LogP contribution in [0.25, 0.3) is 10.2 Å². The van der Waals surface area contributed by atoms with Crippen LogP contribution in [-0.4, -0.2) is 17.6 Å². The quantitative estimate of drug-likeness (QED) is 0.917. The maximum atomic E-state index is 4.93. The number of aromatic nitrogens is 1. The molecule has 1 atom stereocenters. The number of hydrogen-bond acceptors (Lipinski definition) is 3. The van der Waals surface area contributed by atoms with Crippen LogP contribution in [-0.2, 0) is 6.42 Å². The lowest BCUT2D eigenvalue weighted by atomic mass is 9.97. The van der Waals surface area contributed by atoms with Gasteiger partial charge in [0.05, 0.1) is 15.2 Å². The minimum atomic E-state index is 0.658. The van der Waals surface area contributed by atoms with Crippen molar-refractivity contribution in [3.63, 3.8) is 0 Å². The van der Waals surface area contributed by atoms with Crippen LogP contribution in [0.3, 0.4) is 0 Å². The molecule has 1 aliphatic carbocycles. The Bertz CT molecular complexity index is 579. The fourth-order valence-corrected chi connectivity index (χ4v) is 4.24. The van der Waals surface area contributed by atoms with Crippen LogP contribution in [0.5, 0.6) is 0 Å². The first-order valence-electron chi connectivity index (χ1n) is 7.52. The number of hydrogen-bond donors (Lipinski definition) is 1. The third kappa shape index (κ3) is 2.41. The minimum Gasteiger partial charge on any atom is -0.314 e. The number of thiazole rings is 1. The number of nitrogens with zero attached hydrogens (tertiary/aromatic N) is 1. The van der Waals surface area contributed by atoms with Crippen molar-refractivity contribution in [3.05, 3.63) is 28.8 Å². The molecule has 0 bridgehead atoms. The molecule has 1 aliphatic heterocycles. The van der Waals surface area contributed by atoms with Gasteiger partial charge < -0.3 is 5.32 Å². The number of nitrogens with one attached hydrogen (secondary N) is 1. The molecule has 1 unspecified atom stereocenters. The molecule has 0 radical (unpaired) electrons. The Morgan fingerprint density at radius 3 is 2.95 bits per heavy atom. The van der Waals surface area contributed by atoms with E-state index in [-0.39, 0.29) is 0 Å². The van der Waals surface area contributed by atoms with Crippen LogP contribution in [0.4, 0.5) is 0 Å². The van der Waals surface area contributed by atoms with E-state index in [0.29, 0.717) is 6.04 Å². The molecule has 1 N–H and O–H groups in total. The van der Waals surface area contributed by atoms with Gasteiger partial charge in [-0.15, -0.1) is 11.3 Å². The van der Waals surface area contributed by atoms with E-state index in [9.17, 15) is 0 Å². The normalized spacial score (nSPS) is 23.9. The van der Waals surface area contributed by atoms with Gasteiger partial charge in [0.2, 0.25) is 0 Å². The van der Waals surface area contributed by atoms with Crippen LogP contribution in [0, 0.1) is 0 Å². The van der Waals surface area contributed by atoms with Gasteiger partial charge in [0.25, 0.3) is 0 Å². The standard InChI is InChI=1S/C16H20N2S/c1-2-9-17-13(5-1)10-12-4-3-6-14-15(12)18-16(19-14)11-7-8-11/h3-4,6,11,13,17H,1-2,5,7-10H2. The molecule has 0 spiro atoms. The van der Waals surface area contributed by atoms with Gasteiger partial charge in [-0.1, -0.05) is 18.6 Å². The van der Waals surface area contributed by atoms with Crippen LogP contribution in [0.15, 0.2) is 18.2 Å². The Balaban J connectivity index is 1.64. The van der Waals surface area contributed by atoms with E-state index in [0.717, 1.165) is 12.3 Å². The second-order valence-electron chi connectivity index (χ2n) is 5.94. The Morgan fingerprint density at radius 1 is 1.21 bits per heavy atom. The van der Waals surface area contributed by atoms with Crippen LogP contribution < -0.4 is 5.32 Å². The average molecular weight is 272 g/mol. The summed E-state index contributed by atoms with van der Waals surface area (Å²) >= 11 is 1.91. The number of fused-ring (bicyclic) bond motifs is 1. The van der Waals surface area contributed by atoms with E-state index in [2.05, 4.69) is 23.5 Å². The molecule has 1 saturated carbocycles. The van der Waals surface area contributed by atoms with E-state index in [1.54, 1.807) is 0 Å². The zero-order valence-corrected chi connectivity index (χ0v) is 12.0. The predicted molar refractivity (Wildman–Crippen MR) is 80.9 cm³/mol. The number of para-hydroxylation sites is 1. The van der Waals surface area contributed by atoms with Crippen molar-refractivity contribution in [3.8, 4) is 0 Å². The molecule has 4 rings (SSSR count). The first kappa shape index (κ1) is 11.9. The molecule has 1 aromatic heterocycles. The lowest BCUT2D eigenvalue weighted by molar-refractivity contribution is 0.400. The van der Waals surface area contributed by atoms with Crippen molar-refractivity contribution in [2.75, 3.05) is 6.54 Å². The van der Waals surface area contributed by atoms with Crippen molar-refractivity contribution in [2.45, 2.75) is 50.5 Å². The van der Waals surface area contributed by atoms with Gasteiger partial charge in [-0.05, 0) is 50.3 Å². The number of benzene rings is 1. The molecule has 1 saturated heterocycles. The monoisotopic (exact) mass is 272 g/mol. The van der Waals surface area contributed by atoms with Crippen LogP contribution >= 0.6 is 11.3 Å². The summed E-state index contributed by atoms with van der Waals surface area (Å²) in [7, 11) is 0. The Labute approximate surface area is 118 Å². The van der Waals surface area contributed by atoms with E-state index < -0.39 is 0 Å². The molecule has 0 amide bonds. The zero-order valence-electron chi connectivity index (χ0n) is 11.2. The molecule has 2 heterocycles. The van der Waals surface area contributed by atoms with Crippen molar-refractivity contribution < 1.29 is 0 Å². The van der Waals surface area contributed by atoms with Crippen LogP contribution in [0.1, 0.15) is 48.6 Å². The topological polar surface area (TPSA) is 24.9 Å². The molecular weight excluding hydrogens is 252 g/mol.